The van der Waals surface area contributed by atoms with Crippen molar-refractivity contribution in [2.45, 2.75) is 32.6 Å². The van der Waals surface area contributed by atoms with Crippen LogP contribution in [0.15, 0.2) is 30.3 Å². The van der Waals surface area contributed by atoms with E-state index in [0.717, 1.165) is 45.4 Å². The third-order valence-electron chi connectivity index (χ3n) is 3.23. The lowest BCUT2D eigenvalue weighted by Crippen LogP contribution is -2.43. The van der Waals surface area contributed by atoms with Crippen LogP contribution in [0.3, 0.4) is 0 Å². The standard InChI is InChI=1S/C10H14N2.C6H12O2/c1-2-4-10(5-3-1)12-8-6-11-7-9-12;1-2-3-4-5-6(7)8/h1-5,11H,6-9H2;2-5H2,1H3,(H,7,8). The molecule has 2 rings (SSSR count). The third kappa shape index (κ3) is 7.14. The molecule has 0 atom stereocenters. The number of hydrogen-bond acceptors (Lipinski definition) is 3. The van der Waals surface area contributed by atoms with E-state index in [-0.39, 0.29) is 0 Å². The van der Waals surface area contributed by atoms with Crippen LogP contribution in [-0.2, 0) is 4.79 Å². The Labute approximate surface area is 121 Å². The summed E-state index contributed by atoms with van der Waals surface area (Å²) in [7, 11) is 0. The minimum Gasteiger partial charge on any atom is -0.481 e. The van der Waals surface area contributed by atoms with Gasteiger partial charge in [-0.05, 0) is 18.6 Å². The first-order valence-electron chi connectivity index (χ1n) is 7.46. The second kappa shape index (κ2) is 10.3. The van der Waals surface area contributed by atoms with Crippen molar-refractivity contribution in [1.82, 2.24) is 5.32 Å². The van der Waals surface area contributed by atoms with Crippen LogP contribution in [-0.4, -0.2) is 37.3 Å². The van der Waals surface area contributed by atoms with Crippen molar-refractivity contribution in [1.29, 1.82) is 0 Å². The third-order valence-corrected chi connectivity index (χ3v) is 3.23. The van der Waals surface area contributed by atoms with Gasteiger partial charge in [0.15, 0.2) is 0 Å². The molecule has 0 aliphatic carbocycles. The van der Waals surface area contributed by atoms with Crippen LogP contribution in [0, 0.1) is 0 Å². The fraction of sp³-hybridized carbons (Fsp3) is 0.562. The fourth-order valence-electron chi connectivity index (χ4n) is 2.09. The Morgan fingerprint density at radius 3 is 2.40 bits per heavy atom. The smallest absolute Gasteiger partial charge is 0.303 e. The van der Waals surface area contributed by atoms with Crippen molar-refractivity contribution in [3.05, 3.63) is 30.3 Å². The molecule has 0 amide bonds. The van der Waals surface area contributed by atoms with Gasteiger partial charge in [-0.25, -0.2) is 0 Å². The lowest BCUT2D eigenvalue weighted by atomic mass is 10.2. The number of anilines is 1. The Balaban J connectivity index is 0.000000221. The van der Waals surface area contributed by atoms with E-state index in [1.165, 1.54) is 5.69 Å². The van der Waals surface area contributed by atoms with E-state index in [1.54, 1.807) is 0 Å². The molecule has 1 aromatic rings. The molecule has 112 valence electrons. The summed E-state index contributed by atoms with van der Waals surface area (Å²) in [6, 6.07) is 10.6. The van der Waals surface area contributed by atoms with Crippen LogP contribution in [0.2, 0.25) is 0 Å². The summed E-state index contributed by atoms with van der Waals surface area (Å²) >= 11 is 0. The van der Waals surface area contributed by atoms with Gasteiger partial charge in [-0.1, -0.05) is 38.0 Å². The minimum atomic E-state index is -0.682. The number of carboxylic acids is 1. The van der Waals surface area contributed by atoms with E-state index >= 15 is 0 Å². The largest absolute Gasteiger partial charge is 0.481 e. The number of rotatable bonds is 5. The first-order chi connectivity index (χ1) is 9.74. The maximum absolute atomic E-state index is 9.87. The molecule has 1 fully saturated rings. The van der Waals surface area contributed by atoms with Crippen LogP contribution in [0.5, 0.6) is 0 Å². The molecule has 0 spiro atoms. The van der Waals surface area contributed by atoms with Gasteiger partial charge in [0.2, 0.25) is 0 Å². The van der Waals surface area contributed by atoms with E-state index in [2.05, 4.69) is 47.5 Å². The van der Waals surface area contributed by atoms with Crippen LogP contribution in [0.4, 0.5) is 5.69 Å². The second-order valence-electron chi connectivity index (χ2n) is 4.92. The number of carbonyl (C=O) groups is 1. The van der Waals surface area contributed by atoms with Crippen LogP contribution in [0.1, 0.15) is 32.6 Å². The Morgan fingerprint density at radius 1 is 1.20 bits per heavy atom. The van der Waals surface area contributed by atoms with Crippen molar-refractivity contribution in [3.8, 4) is 0 Å². The highest BCUT2D eigenvalue weighted by Gasteiger charge is 2.08. The normalized spacial score (nSPS) is 14.3. The lowest BCUT2D eigenvalue weighted by Gasteiger charge is -2.29. The van der Waals surface area contributed by atoms with Gasteiger partial charge in [0.05, 0.1) is 0 Å². The Morgan fingerprint density at radius 2 is 1.85 bits per heavy atom. The molecule has 0 bridgehead atoms. The predicted molar refractivity (Wildman–Crippen MR) is 83.3 cm³/mol. The van der Waals surface area contributed by atoms with Crippen molar-refractivity contribution < 1.29 is 9.90 Å². The zero-order valence-electron chi connectivity index (χ0n) is 12.3. The number of benzene rings is 1. The number of para-hydroxylation sites is 1. The highest BCUT2D eigenvalue weighted by molar-refractivity contribution is 5.66. The van der Waals surface area contributed by atoms with Crippen LogP contribution < -0.4 is 10.2 Å². The number of carboxylic acid groups (broad SMARTS) is 1. The molecule has 4 nitrogen and oxygen atoms in total. The van der Waals surface area contributed by atoms with Gasteiger partial charge in [-0.3, -0.25) is 4.79 Å². The van der Waals surface area contributed by atoms with Gasteiger partial charge in [0.25, 0.3) is 0 Å². The SMILES string of the molecule is CCCCCC(=O)O.c1ccc(N2CCNCC2)cc1. The summed E-state index contributed by atoms with van der Waals surface area (Å²) in [5, 5.41) is 11.5. The second-order valence-corrected chi connectivity index (χ2v) is 4.92. The lowest BCUT2D eigenvalue weighted by molar-refractivity contribution is -0.137. The number of unbranched alkanes of at least 4 members (excludes halogenated alkanes) is 2. The number of aliphatic carboxylic acids is 1. The Bertz CT molecular complexity index is 362. The van der Waals surface area contributed by atoms with Gasteiger partial charge in [0, 0.05) is 38.3 Å². The molecule has 0 radical (unpaired) electrons. The van der Waals surface area contributed by atoms with Crippen LogP contribution >= 0.6 is 0 Å². The Kier molecular flexibility index (Phi) is 8.47. The van der Waals surface area contributed by atoms with E-state index in [4.69, 9.17) is 5.11 Å². The summed E-state index contributed by atoms with van der Waals surface area (Å²) in [5.74, 6) is -0.682. The molecule has 2 N–H and O–H groups in total. The summed E-state index contributed by atoms with van der Waals surface area (Å²) in [5.41, 5.74) is 1.35. The van der Waals surface area contributed by atoms with Gasteiger partial charge in [-0.15, -0.1) is 0 Å². The maximum atomic E-state index is 9.87. The first kappa shape index (κ1) is 16.5. The van der Waals surface area contributed by atoms with E-state index < -0.39 is 5.97 Å². The summed E-state index contributed by atoms with van der Waals surface area (Å²) in [6.45, 7) is 6.53. The van der Waals surface area contributed by atoms with Gasteiger partial charge >= 0.3 is 5.97 Å². The molecule has 1 aliphatic rings. The van der Waals surface area contributed by atoms with Crippen LogP contribution in [0.25, 0.3) is 0 Å². The quantitative estimate of drug-likeness (QED) is 0.813. The zero-order valence-corrected chi connectivity index (χ0v) is 12.3. The van der Waals surface area contributed by atoms with Gasteiger partial charge in [0.1, 0.15) is 0 Å². The number of nitrogens with zero attached hydrogens (tertiary/aromatic N) is 1. The maximum Gasteiger partial charge on any atom is 0.303 e. The monoisotopic (exact) mass is 278 g/mol. The number of nitrogens with one attached hydrogen (secondary N) is 1. The number of hydrogen-bond donors (Lipinski definition) is 2. The molecule has 1 aromatic carbocycles. The molecule has 0 unspecified atom stereocenters. The van der Waals surface area contributed by atoms with Gasteiger partial charge in [-0.2, -0.15) is 0 Å². The predicted octanol–water partition coefficient (Wildman–Crippen LogP) is 2.75. The molecule has 0 saturated carbocycles. The van der Waals surface area contributed by atoms with E-state index in [9.17, 15) is 4.79 Å². The first-order valence-corrected chi connectivity index (χ1v) is 7.46. The summed E-state index contributed by atoms with van der Waals surface area (Å²) < 4.78 is 0. The minimum absolute atomic E-state index is 0.327. The fourth-order valence-corrected chi connectivity index (χ4v) is 2.09. The van der Waals surface area contributed by atoms with Gasteiger partial charge < -0.3 is 15.3 Å². The summed E-state index contributed by atoms with van der Waals surface area (Å²) in [6.07, 6.45) is 3.28. The van der Waals surface area contributed by atoms with Crippen molar-refractivity contribution >= 4 is 11.7 Å². The zero-order chi connectivity index (χ0) is 14.6. The summed E-state index contributed by atoms with van der Waals surface area (Å²) in [4.78, 5) is 12.3. The molecule has 1 saturated heterocycles. The highest BCUT2D eigenvalue weighted by atomic mass is 16.4. The van der Waals surface area contributed by atoms with E-state index in [0.29, 0.717) is 6.42 Å². The molecule has 4 heteroatoms. The number of piperazine rings is 1. The average Bonchev–Trinajstić information content (AvgIpc) is 2.50. The Hall–Kier alpha value is -1.55. The molecule has 1 aliphatic heterocycles. The van der Waals surface area contributed by atoms with E-state index in [1.807, 2.05) is 0 Å². The van der Waals surface area contributed by atoms with Crippen molar-refractivity contribution in [3.63, 3.8) is 0 Å². The molecule has 0 aromatic heterocycles. The van der Waals surface area contributed by atoms with Crippen molar-refractivity contribution in [2.24, 2.45) is 0 Å². The molecule has 1 heterocycles. The molecular formula is C16H26N2O2. The molecular weight excluding hydrogens is 252 g/mol. The van der Waals surface area contributed by atoms with Crippen molar-refractivity contribution in [2.75, 3.05) is 31.1 Å². The average molecular weight is 278 g/mol. The topological polar surface area (TPSA) is 52.6 Å². The highest BCUT2D eigenvalue weighted by Crippen LogP contribution is 2.12. The molecule has 20 heavy (non-hydrogen) atoms.